The van der Waals surface area contributed by atoms with E-state index in [1.165, 1.54) is 13.3 Å². The van der Waals surface area contributed by atoms with Crippen LogP contribution in [0.15, 0.2) is 91.3 Å². The lowest BCUT2D eigenvalue weighted by molar-refractivity contribution is -0.179. The maximum atomic E-state index is 13.7. The molecule has 7 rings (SSSR count). The van der Waals surface area contributed by atoms with Crippen molar-refractivity contribution in [2.75, 3.05) is 39.0 Å². The molecule has 2 amide bonds. The van der Waals surface area contributed by atoms with Gasteiger partial charge in [-0.25, -0.2) is 19.4 Å². The van der Waals surface area contributed by atoms with Crippen molar-refractivity contribution >= 4 is 28.9 Å². The third-order valence-corrected chi connectivity index (χ3v) is 10.1. The topological polar surface area (TPSA) is 135 Å². The van der Waals surface area contributed by atoms with Crippen molar-refractivity contribution in [2.45, 2.75) is 57.3 Å². The largest absolute Gasteiger partial charge is 0.383 e. The first-order valence-corrected chi connectivity index (χ1v) is 17.7. The van der Waals surface area contributed by atoms with Gasteiger partial charge < -0.3 is 20.8 Å². The van der Waals surface area contributed by atoms with Crippen molar-refractivity contribution in [2.24, 2.45) is 0 Å². The van der Waals surface area contributed by atoms with Gasteiger partial charge in [0.05, 0.1) is 11.4 Å². The molecule has 264 valence electrons. The zero-order valence-electron chi connectivity index (χ0n) is 29.2. The third-order valence-electron chi connectivity index (χ3n) is 10.1. The van der Waals surface area contributed by atoms with Gasteiger partial charge in [0.1, 0.15) is 23.9 Å². The summed E-state index contributed by atoms with van der Waals surface area (Å²) in [5, 5.41) is 9.90. The van der Waals surface area contributed by atoms with Gasteiger partial charge in [-0.05, 0) is 49.4 Å². The number of aromatic nitrogens is 4. The molecule has 0 bridgehead atoms. The number of nitrogens with two attached hydrogens (primary N) is 1. The van der Waals surface area contributed by atoms with E-state index in [4.69, 9.17) is 15.7 Å². The van der Waals surface area contributed by atoms with E-state index in [1.807, 2.05) is 84.9 Å². The number of nitrogens with zero attached hydrogens (tertiary/aromatic N) is 7. The third kappa shape index (κ3) is 7.57. The summed E-state index contributed by atoms with van der Waals surface area (Å²) in [7, 11) is 2.20. The molecule has 12 nitrogen and oxygen atoms in total. The maximum absolute atomic E-state index is 13.7. The lowest BCUT2D eigenvalue weighted by Crippen LogP contribution is -2.49. The summed E-state index contributed by atoms with van der Waals surface area (Å²) in [5.74, 6) is -0.220. The molecule has 2 aromatic heterocycles. The summed E-state index contributed by atoms with van der Waals surface area (Å²) in [6, 6.07) is 26.4. The van der Waals surface area contributed by atoms with Gasteiger partial charge in [0.15, 0.2) is 5.65 Å². The molecule has 3 heterocycles. The molecule has 1 aliphatic heterocycles. The number of hydrogen-bond donors (Lipinski definition) is 2. The molecule has 0 spiro atoms. The molecular formula is C39H45N9O3. The van der Waals surface area contributed by atoms with Crippen LogP contribution in [-0.4, -0.2) is 85.9 Å². The highest BCUT2D eigenvalue weighted by Gasteiger charge is 2.32. The van der Waals surface area contributed by atoms with Crippen LogP contribution in [-0.2, 0) is 16.2 Å². The average molecular weight is 688 g/mol. The van der Waals surface area contributed by atoms with Crippen molar-refractivity contribution in [3.63, 3.8) is 0 Å². The summed E-state index contributed by atoms with van der Waals surface area (Å²) in [5.41, 5.74) is 11.2. The Bertz CT molecular complexity index is 1940. The molecule has 1 saturated heterocycles. The highest BCUT2D eigenvalue weighted by Crippen LogP contribution is 2.38. The van der Waals surface area contributed by atoms with E-state index in [2.05, 4.69) is 36.8 Å². The number of hydroxylamine groups is 2. The van der Waals surface area contributed by atoms with Crippen molar-refractivity contribution in [3.05, 3.63) is 108 Å². The van der Waals surface area contributed by atoms with Crippen LogP contribution in [0.25, 0.3) is 22.3 Å². The highest BCUT2D eigenvalue weighted by atomic mass is 16.7. The summed E-state index contributed by atoms with van der Waals surface area (Å²) >= 11 is 0. The van der Waals surface area contributed by atoms with Crippen LogP contribution in [0.1, 0.15) is 61.4 Å². The molecule has 1 unspecified atom stereocenters. The number of rotatable bonds is 8. The van der Waals surface area contributed by atoms with Crippen LogP contribution in [0.5, 0.6) is 0 Å². The van der Waals surface area contributed by atoms with E-state index in [0.29, 0.717) is 17.6 Å². The van der Waals surface area contributed by atoms with Gasteiger partial charge in [0.25, 0.3) is 0 Å². The fourth-order valence-corrected chi connectivity index (χ4v) is 7.43. The first-order valence-electron chi connectivity index (χ1n) is 17.7. The van der Waals surface area contributed by atoms with Crippen molar-refractivity contribution in [3.8, 4) is 11.3 Å². The number of urea groups is 1. The van der Waals surface area contributed by atoms with E-state index in [0.717, 1.165) is 90.2 Å². The van der Waals surface area contributed by atoms with Gasteiger partial charge in [0, 0.05) is 51.3 Å². The first-order chi connectivity index (χ1) is 24.9. The van der Waals surface area contributed by atoms with Crippen molar-refractivity contribution < 1.29 is 14.4 Å². The van der Waals surface area contributed by atoms with Crippen molar-refractivity contribution in [1.82, 2.24) is 39.9 Å². The van der Waals surface area contributed by atoms with Gasteiger partial charge in [-0.2, -0.15) is 5.10 Å². The number of benzene rings is 3. The minimum atomic E-state index is -0.724. The predicted molar refractivity (Wildman–Crippen MR) is 196 cm³/mol. The van der Waals surface area contributed by atoms with Crippen LogP contribution in [0.2, 0.25) is 0 Å². The number of carbonyl (C=O) groups is 2. The van der Waals surface area contributed by atoms with E-state index < -0.39 is 18.0 Å². The Morgan fingerprint density at radius 2 is 1.49 bits per heavy atom. The van der Waals surface area contributed by atoms with E-state index in [9.17, 15) is 9.59 Å². The summed E-state index contributed by atoms with van der Waals surface area (Å²) in [4.78, 5) is 45.7. The number of fused-ring (bicyclic) bond motifs is 1. The lowest BCUT2D eigenvalue weighted by Gasteiger charge is -2.41. The molecule has 2 aliphatic rings. The monoisotopic (exact) mass is 687 g/mol. The summed E-state index contributed by atoms with van der Waals surface area (Å²) < 4.78 is 2.06. The van der Waals surface area contributed by atoms with Crippen LogP contribution in [0.3, 0.4) is 0 Å². The van der Waals surface area contributed by atoms with Gasteiger partial charge in [-0.1, -0.05) is 84.9 Å². The number of piperazine rings is 1. The number of likely N-dealkylation sites (N-methyl/N-ethyl adjacent to an activating group) is 1. The highest BCUT2D eigenvalue weighted by molar-refractivity contribution is 5.98. The van der Waals surface area contributed by atoms with Crippen LogP contribution >= 0.6 is 0 Å². The van der Waals surface area contributed by atoms with Crippen LogP contribution in [0, 0.1) is 0 Å². The Labute approximate surface area is 298 Å². The number of hydrogen-bond acceptors (Lipinski definition) is 9. The molecule has 5 aromatic rings. The smallest absolute Gasteiger partial charge is 0.351 e. The fourth-order valence-electron chi connectivity index (χ4n) is 7.43. The standard InChI is InChI=1S/C39H45N9O3/c1-27(49)51-48(39(50)41-25-28-9-5-3-6-10-28)36(30-11-7-4-8-12-30)31-15-13-29(14-16-31)35-34-37(40)42-26-43-38(34)47(44-35)33-19-17-32(18-20-33)46-23-21-45(2)22-24-46/h3-16,26,32-33,36H,17-25H2,1-2H3,(H,41,50)(H2,40,42,43). The number of nitrogens with one attached hydrogen (secondary N) is 1. The maximum Gasteiger partial charge on any atom is 0.351 e. The first kappa shape index (κ1) is 34.1. The zero-order valence-corrected chi connectivity index (χ0v) is 29.2. The molecule has 51 heavy (non-hydrogen) atoms. The molecule has 0 radical (unpaired) electrons. The normalized spacial score (nSPS) is 19.0. The number of amides is 2. The van der Waals surface area contributed by atoms with Crippen LogP contribution < -0.4 is 11.1 Å². The Balaban J connectivity index is 1.17. The molecule has 1 saturated carbocycles. The zero-order chi connectivity index (χ0) is 35.3. The van der Waals surface area contributed by atoms with E-state index in [-0.39, 0.29) is 12.6 Å². The molecule has 3 N–H and O–H groups in total. The van der Waals surface area contributed by atoms with Gasteiger partial charge in [-0.15, -0.1) is 5.06 Å². The minimum absolute atomic E-state index is 0.215. The van der Waals surface area contributed by atoms with E-state index in [1.54, 1.807) is 0 Å². The summed E-state index contributed by atoms with van der Waals surface area (Å²) in [6.07, 6.45) is 5.80. The minimum Gasteiger partial charge on any atom is -0.383 e. The molecule has 1 atom stereocenters. The Hall–Kier alpha value is -5.33. The SMILES string of the molecule is CC(=O)ON(C(=O)NCc1ccccc1)C(c1ccccc1)c1ccc(-c2nn(C3CCC(N4CCN(C)CC4)CC3)c3ncnc(N)c23)cc1. The van der Waals surface area contributed by atoms with Gasteiger partial charge in [-0.3, -0.25) is 9.69 Å². The lowest BCUT2D eigenvalue weighted by atomic mass is 9.90. The Kier molecular flexibility index (Phi) is 10.2. The quantitative estimate of drug-likeness (QED) is 0.200. The number of carbonyl (C=O) groups excluding carboxylic acids is 2. The van der Waals surface area contributed by atoms with Gasteiger partial charge in [0.2, 0.25) is 0 Å². The Morgan fingerprint density at radius 1 is 0.863 bits per heavy atom. The predicted octanol–water partition coefficient (Wildman–Crippen LogP) is 5.59. The second kappa shape index (κ2) is 15.3. The second-order valence-corrected chi connectivity index (χ2v) is 13.5. The van der Waals surface area contributed by atoms with Crippen LogP contribution in [0.4, 0.5) is 10.6 Å². The molecule has 12 heteroatoms. The number of anilines is 1. The average Bonchev–Trinajstić information content (AvgIpc) is 3.56. The fraction of sp³-hybridized carbons (Fsp3) is 0.359. The van der Waals surface area contributed by atoms with E-state index >= 15 is 0 Å². The number of nitrogen functional groups attached to an aromatic ring is 1. The summed E-state index contributed by atoms with van der Waals surface area (Å²) in [6.45, 7) is 6.06. The molecule has 1 aliphatic carbocycles. The second-order valence-electron chi connectivity index (χ2n) is 13.5. The molecule has 3 aromatic carbocycles. The Morgan fingerprint density at radius 3 is 2.16 bits per heavy atom. The molecule has 2 fully saturated rings. The van der Waals surface area contributed by atoms with Crippen molar-refractivity contribution in [1.29, 1.82) is 0 Å². The molecular weight excluding hydrogens is 642 g/mol. The van der Waals surface area contributed by atoms with Gasteiger partial charge >= 0.3 is 12.0 Å².